The van der Waals surface area contributed by atoms with Crippen LogP contribution in [0.3, 0.4) is 0 Å². The Labute approximate surface area is 190 Å². The zero-order valence-electron chi connectivity index (χ0n) is 18.8. The number of ether oxygens (including phenoxy) is 4. The number of nitrogens with one attached hydrogen (secondary N) is 2. The van der Waals surface area contributed by atoms with Crippen LogP contribution in [0.4, 0.5) is 10.1 Å². The molecule has 0 saturated carbocycles. The van der Waals surface area contributed by atoms with E-state index in [4.69, 9.17) is 18.9 Å². The number of halogens is 1. The summed E-state index contributed by atoms with van der Waals surface area (Å²) in [6.07, 6.45) is 3.04. The van der Waals surface area contributed by atoms with Gasteiger partial charge < -0.3 is 29.2 Å². The molecule has 0 atom stereocenters. The number of carbonyl (C=O) groups is 2. The normalized spacial score (nSPS) is 11.2. The number of anilines is 1. The Bertz CT molecular complexity index is 1200. The quantitative estimate of drug-likeness (QED) is 0.361. The Morgan fingerprint density at radius 3 is 2.30 bits per heavy atom. The minimum absolute atomic E-state index is 0.0220. The summed E-state index contributed by atoms with van der Waals surface area (Å²) in [5, 5.41) is 3.69. The van der Waals surface area contributed by atoms with Crippen molar-refractivity contribution in [2.75, 3.05) is 32.8 Å². The third kappa shape index (κ3) is 5.08. The molecule has 0 aliphatic heterocycles. The zero-order valence-corrected chi connectivity index (χ0v) is 18.8. The lowest BCUT2D eigenvalue weighted by Crippen LogP contribution is -2.14. The predicted octanol–water partition coefficient (Wildman–Crippen LogP) is 4.52. The molecule has 0 bridgehead atoms. The number of H-pyrrole nitrogens is 1. The summed E-state index contributed by atoms with van der Waals surface area (Å²) in [5.41, 5.74) is 1.32. The van der Waals surface area contributed by atoms with E-state index >= 15 is 0 Å². The average Bonchev–Trinajstić information content (AvgIpc) is 3.27. The number of rotatable bonds is 9. The van der Waals surface area contributed by atoms with Crippen molar-refractivity contribution in [3.63, 3.8) is 0 Å². The molecular weight excluding hydrogens is 431 g/mol. The van der Waals surface area contributed by atoms with Gasteiger partial charge in [0.05, 0.1) is 49.8 Å². The van der Waals surface area contributed by atoms with Gasteiger partial charge in [0.15, 0.2) is 11.5 Å². The van der Waals surface area contributed by atoms with Crippen molar-refractivity contribution in [2.24, 2.45) is 0 Å². The minimum Gasteiger partial charge on any atom is -0.493 e. The number of aromatic nitrogens is 1. The number of aromatic amines is 1. The van der Waals surface area contributed by atoms with Crippen LogP contribution in [0.2, 0.25) is 0 Å². The molecule has 174 valence electrons. The Morgan fingerprint density at radius 2 is 1.67 bits per heavy atom. The largest absolute Gasteiger partial charge is 0.493 e. The molecule has 1 aromatic heterocycles. The van der Waals surface area contributed by atoms with E-state index in [2.05, 4.69) is 10.3 Å². The van der Waals surface area contributed by atoms with Crippen LogP contribution in [0.1, 0.15) is 29.8 Å². The first-order chi connectivity index (χ1) is 15.9. The maximum atomic E-state index is 14.1. The van der Waals surface area contributed by atoms with Gasteiger partial charge in [-0.1, -0.05) is 0 Å². The molecule has 0 spiro atoms. The fraction of sp³-hybridized carbons (Fsp3) is 0.250. The molecule has 0 fully saturated rings. The third-order valence-corrected chi connectivity index (χ3v) is 4.81. The first-order valence-corrected chi connectivity index (χ1v) is 10.3. The summed E-state index contributed by atoms with van der Waals surface area (Å²) in [4.78, 5) is 28.5. The lowest BCUT2D eigenvalue weighted by Gasteiger charge is -2.16. The van der Waals surface area contributed by atoms with Gasteiger partial charge in [-0.15, -0.1) is 0 Å². The van der Waals surface area contributed by atoms with E-state index in [1.807, 2.05) is 0 Å². The first kappa shape index (κ1) is 23.6. The molecule has 2 aromatic carbocycles. The summed E-state index contributed by atoms with van der Waals surface area (Å²) in [6, 6.07) is 7.37. The van der Waals surface area contributed by atoms with Gasteiger partial charge in [-0.05, 0) is 44.2 Å². The summed E-state index contributed by atoms with van der Waals surface area (Å²) in [7, 11) is 2.87. The lowest BCUT2D eigenvalue weighted by molar-refractivity contribution is -0.136. The number of fused-ring (bicyclic) bond motifs is 1. The Morgan fingerprint density at radius 1 is 1.00 bits per heavy atom. The number of carbonyl (C=O) groups excluding carboxylic acids is 2. The lowest BCUT2D eigenvalue weighted by atomic mass is 9.99. The summed E-state index contributed by atoms with van der Waals surface area (Å²) in [5.74, 6) is -1.21. The van der Waals surface area contributed by atoms with Crippen LogP contribution in [0.5, 0.6) is 11.5 Å². The van der Waals surface area contributed by atoms with Gasteiger partial charge in [0.25, 0.3) is 0 Å². The predicted molar refractivity (Wildman–Crippen MR) is 122 cm³/mol. The second-order valence-corrected chi connectivity index (χ2v) is 6.79. The molecule has 3 rings (SSSR count). The van der Waals surface area contributed by atoms with Crippen molar-refractivity contribution in [1.29, 1.82) is 0 Å². The van der Waals surface area contributed by atoms with Crippen LogP contribution < -0.4 is 14.8 Å². The van der Waals surface area contributed by atoms with E-state index in [0.29, 0.717) is 28.1 Å². The van der Waals surface area contributed by atoms with Gasteiger partial charge in [-0.2, -0.15) is 0 Å². The van der Waals surface area contributed by atoms with Crippen LogP contribution in [0.15, 0.2) is 42.7 Å². The van der Waals surface area contributed by atoms with E-state index in [1.165, 1.54) is 44.7 Å². The van der Waals surface area contributed by atoms with E-state index in [9.17, 15) is 14.0 Å². The summed E-state index contributed by atoms with van der Waals surface area (Å²) in [6.45, 7) is 3.59. The van der Waals surface area contributed by atoms with E-state index in [1.54, 1.807) is 26.1 Å². The molecule has 0 unspecified atom stereocenters. The molecular formula is C24H25FN2O6. The molecule has 9 heteroatoms. The molecule has 0 amide bonds. The summed E-state index contributed by atoms with van der Waals surface area (Å²) < 4.78 is 35.1. The van der Waals surface area contributed by atoms with Gasteiger partial charge in [-0.3, -0.25) is 0 Å². The second kappa shape index (κ2) is 10.5. The Balaban J connectivity index is 2.18. The van der Waals surface area contributed by atoms with Gasteiger partial charge in [-0.25, -0.2) is 14.0 Å². The maximum Gasteiger partial charge on any atom is 0.340 e. The highest BCUT2D eigenvalue weighted by atomic mass is 19.1. The highest BCUT2D eigenvalue weighted by Gasteiger charge is 2.25. The second-order valence-electron chi connectivity index (χ2n) is 6.79. The summed E-state index contributed by atoms with van der Waals surface area (Å²) >= 11 is 0. The first-order valence-electron chi connectivity index (χ1n) is 10.3. The van der Waals surface area contributed by atoms with Crippen molar-refractivity contribution in [1.82, 2.24) is 4.98 Å². The number of esters is 2. The van der Waals surface area contributed by atoms with E-state index in [-0.39, 0.29) is 29.9 Å². The number of hydrogen-bond donors (Lipinski definition) is 2. The highest BCUT2D eigenvalue weighted by Crippen LogP contribution is 2.35. The van der Waals surface area contributed by atoms with Crippen molar-refractivity contribution in [3.05, 3.63) is 59.7 Å². The monoisotopic (exact) mass is 456 g/mol. The molecule has 33 heavy (non-hydrogen) atoms. The third-order valence-electron chi connectivity index (χ3n) is 4.81. The Kier molecular flexibility index (Phi) is 7.55. The SMILES string of the molecule is CCOC(=O)/C(=C\Nc1cc(F)cc2[nH]ccc12)c1cc(OC)c(OC)cc1C(=O)OCC. The van der Waals surface area contributed by atoms with Gasteiger partial charge in [0.2, 0.25) is 0 Å². The minimum atomic E-state index is -0.690. The highest BCUT2D eigenvalue weighted by molar-refractivity contribution is 6.19. The fourth-order valence-corrected chi connectivity index (χ4v) is 3.34. The van der Waals surface area contributed by atoms with Crippen molar-refractivity contribution < 1.29 is 32.9 Å². The molecule has 3 aromatic rings. The number of methoxy groups -OCH3 is 2. The van der Waals surface area contributed by atoms with E-state index < -0.39 is 17.8 Å². The zero-order chi connectivity index (χ0) is 24.0. The molecule has 1 heterocycles. The van der Waals surface area contributed by atoms with Gasteiger partial charge in [0, 0.05) is 23.3 Å². The van der Waals surface area contributed by atoms with Crippen molar-refractivity contribution >= 4 is 34.1 Å². The molecule has 0 radical (unpaired) electrons. The van der Waals surface area contributed by atoms with E-state index in [0.717, 1.165) is 0 Å². The van der Waals surface area contributed by atoms with Crippen molar-refractivity contribution in [2.45, 2.75) is 13.8 Å². The molecule has 0 aliphatic rings. The fourth-order valence-electron chi connectivity index (χ4n) is 3.34. The van der Waals surface area contributed by atoms with Gasteiger partial charge in [0.1, 0.15) is 5.82 Å². The van der Waals surface area contributed by atoms with Crippen LogP contribution in [0.25, 0.3) is 16.5 Å². The van der Waals surface area contributed by atoms with Gasteiger partial charge >= 0.3 is 11.9 Å². The van der Waals surface area contributed by atoms with Crippen LogP contribution in [-0.2, 0) is 14.3 Å². The van der Waals surface area contributed by atoms with Crippen LogP contribution in [-0.4, -0.2) is 44.4 Å². The average molecular weight is 456 g/mol. The number of hydrogen-bond acceptors (Lipinski definition) is 7. The topological polar surface area (TPSA) is 98.9 Å². The van der Waals surface area contributed by atoms with Crippen LogP contribution in [0, 0.1) is 5.82 Å². The molecule has 0 aliphatic carbocycles. The molecule has 8 nitrogen and oxygen atoms in total. The maximum absolute atomic E-state index is 14.1. The number of benzene rings is 2. The van der Waals surface area contributed by atoms with Crippen LogP contribution >= 0.6 is 0 Å². The molecule has 0 saturated heterocycles. The molecule has 2 N–H and O–H groups in total. The van der Waals surface area contributed by atoms with Crippen molar-refractivity contribution in [3.8, 4) is 11.5 Å². The Hall–Kier alpha value is -4.01. The smallest absolute Gasteiger partial charge is 0.340 e. The standard InChI is InChI=1S/C24H25FN2O6/c1-5-32-23(28)17-12-22(31-4)21(30-3)11-16(17)18(24(29)33-6-2)13-27-20-10-14(25)9-19-15(20)7-8-26-19/h7-13,26-27H,5-6H2,1-4H3/b18-13-.